The van der Waals surface area contributed by atoms with Crippen LogP contribution in [-0.2, 0) is 0 Å². The summed E-state index contributed by atoms with van der Waals surface area (Å²) < 4.78 is 10.5. The van der Waals surface area contributed by atoms with Crippen LogP contribution >= 0.6 is 11.6 Å². The van der Waals surface area contributed by atoms with Crippen molar-refractivity contribution < 1.29 is 14.3 Å². The molecule has 1 N–H and O–H groups in total. The SMILES string of the molecule is COc1ccc(NC(=O)N2CCCC2c2ccc(Cl)cc2)cc1OC. The van der Waals surface area contributed by atoms with Crippen LogP contribution in [0, 0.1) is 0 Å². The lowest BCUT2D eigenvalue weighted by molar-refractivity contribution is 0.207. The fourth-order valence-electron chi connectivity index (χ4n) is 3.15. The minimum absolute atomic E-state index is 0.0670. The Morgan fingerprint density at radius 1 is 1.12 bits per heavy atom. The Bertz CT molecular complexity index is 749. The van der Waals surface area contributed by atoms with Gasteiger partial charge in [0.15, 0.2) is 11.5 Å². The maximum atomic E-state index is 12.7. The van der Waals surface area contributed by atoms with E-state index in [1.165, 1.54) is 0 Å². The summed E-state index contributed by atoms with van der Waals surface area (Å²) in [6.45, 7) is 0.729. The van der Waals surface area contributed by atoms with Crippen LogP contribution in [0.3, 0.4) is 0 Å². The first kappa shape index (κ1) is 17.4. The number of nitrogens with zero attached hydrogens (tertiary/aromatic N) is 1. The van der Waals surface area contributed by atoms with E-state index in [1.54, 1.807) is 32.4 Å². The first-order valence-electron chi connectivity index (χ1n) is 8.17. The van der Waals surface area contributed by atoms with Gasteiger partial charge in [0.1, 0.15) is 0 Å². The lowest BCUT2D eigenvalue weighted by atomic mass is 10.1. The van der Waals surface area contributed by atoms with Crippen molar-refractivity contribution in [2.24, 2.45) is 0 Å². The van der Waals surface area contributed by atoms with Gasteiger partial charge in [-0.25, -0.2) is 4.79 Å². The molecule has 2 aromatic rings. The average Bonchev–Trinajstić information content (AvgIpc) is 3.12. The van der Waals surface area contributed by atoms with E-state index in [1.807, 2.05) is 29.2 Å². The van der Waals surface area contributed by atoms with Crippen LogP contribution in [0.4, 0.5) is 10.5 Å². The van der Waals surface area contributed by atoms with Gasteiger partial charge < -0.3 is 19.7 Å². The number of benzene rings is 2. The summed E-state index contributed by atoms with van der Waals surface area (Å²) in [5.74, 6) is 1.21. The Morgan fingerprint density at radius 3 is 2.52 bits per heavy atom. The molecule has 2 aromatic carbocycles. The van der Waals surface area contributed by atoms with Crippen LogP contribution in [0.5, 0.6) is 11.5 Å². The number of methoxy groups -OCH3 is 2. The van der Waals surface area contributed by atoms with Crippen molar-refractivity contribution in [2.75, 3.05) is 26.1 Å². The zero-order chi connectivity index (χ0) is 17.8. The third kappa shape index (κ3) is 3.82. The van der Waals surface area contributed by atoms with Gasteiger partial charge in [-0.2, -0.15) is 0 Å². The molecular formula is C19H21ClN2O3. The zero-order valence-corrected chi connectivity index (χ0v) is 15.0. The Balaban J connectivity index is 1.75. The zero-order valence-electron chi connectivity index (χ0n) is 14.3. The van der Waals surface area contributed by atoms with Crippen LogP contribution in [0.2, 0.25) is 5.02 Å². The molecule has 1 aliphatic heterocycles. The van der Waals surface area contributed by atoms with Crippen molar-refractivity contribution in [1.29, 1.82) is 0 Å². The van der Waals surface area contributed by atoms with E-state index in [0.717, 1.165) is 24.9 Å². The summed E-state index contributed by atoms with van der Waals surface area (Å²) in [4.78, 5) is 14.6. The van der Waals surface area contributed by atoms with E-state index in [0.29, 0.717) is 22.2 Å². The maximum absolute atomic E-state index is 12.7. The number of halogens is 1. The van der Waals surface area contributed by atoms with Crippen molar-refractivity contribution in [2.45, 2.75) is 18.9 Å². The summed E-state index contributed by atoms with van der Waals surface area (Å²) in [7, 11) is 3.15. The van der Waals surface area contributed by atoms with Gasteiger partial charge in [0.25, 0.3) is 0 Å². The first-order chi connectivity index (χ1) is 12.1. The molecule has 3 rings (SSSR count). The quantitative estimate of drug-likeness (QED) is 0.857. The van der Waals surface area contributed by atoms with Crippen molar-refractivity contribution in [3.8, 4) is 11.5 Å². The van der Waals surface area contributed by atoms with Gasteiger partial charge >= 0.3 is 6.03 Å². The van der Waals surface area contributed by atoms with Crippen LogP contribution in [0.25, 0.3) is 0 Å². The molecule has 2 amide bonds. The van der Waals surface area contributed by atoms with E-state index in [9.17, 15) is 4.79 Å². The van der Waals surface area contributed by atoms with Crippen molar-refractivity contribution in [3.63, 3.8) is 0 Å². The van der Waals surface area contributed by atoms with E-state index in [2.05, 4.69) is 5.32 Å². The second-order valence-corrected chi connectivity index (χ2v) is 6.34. The smallest absolute Gasteiger partial charge is 0.322 e. The second kappa shape index (κ2) is 7.66. The van der Waals surface area contributed by atoms with E-state index in [-0.39, 0.29) is 12.1 Å². The molecule has 132 valence electrons. The predicted octanol–water partition coefficient (Wildman–Crippen LogP) is 4.73. The monoisotopic (exact) mass is 360 g/mol. The van der Waals surface area contributed by atoms with E-state index < -0.39 is 0 Å². The van der Waals surface area contributed by atoms with Crippen LogP contribution in [-0.4, -0.2) is 31.7 Å². The van der Waals surface area contributed by atoms with Gasteiger partial charge in [0, 0.05) is 23.3 Å². The Hall–Kier alpha value is -2.40. The highest BCUT2D eigenvalue weighted by molar-refractivity contribution is 6.30. The number of nitrogens with one attached hydrogen (secondary N) is 1. The van der Waals surface area contributed by atoms with Gasteiger partial charge in [-0.1, -0.05) is 23.7 Å². The van der Waals surface area contributed by atoms with Gasteiger partial charge in [-0.05, 0) is 42.7 Å². The summed E-state index contributed by atoms with van der Waals surface area (Å²) in [6.07, 6.45) is 1.92. The average molecular weight is 361 g/mol. The van der Waals surface area contributed by atoms with E-state index in [4.69, 9.17) is 21.1 Å². The third-order valence-electron chi connectivity index (χ3n) is 4.40. The summed E-state index contributed by atoms with van der Waals surface area (Å²) in [5.41, 5.74) is 1.77. The van der Waals surface area contributed by atoms with Crippen molar-refractivity contribution >= 4 is 23.3 Å². The molecule has 0 aliphatic carbocycles. The third-order valence-corrected chi connectivity index (χ3v) is 4.66. The Kier molecular flexibility index (Phi) is 5.34. The molecule has 5 nitrogen and oxygen atoms in total. The number of carbonyl (C=O) groups excluding carboxylic acids is 1. The molecule has 0 saturated carbocycles. The number of urea groups is 1. The van der Waals surface area contributed by atoms with Gasteiger partial charge in [0.05, 0.1) is 20.3 Å². The molecule has 0 bridgehead atoms. The van der Waals surface area contributed by atoms with Crippen molar-refractivity contribution in [3.05, 3.63) is 53.1 Å². The Morgan fingerprint density at radius 2 is 1.84 bits per heavy atom. The van der Waals surface area contributed by atoms with Crippen molar-refractivity contribution in [1.82, 2.24) is 4.90 Å². The number of carbonyl (C=O) groups is 1. The molecule has 0 spiro atoms. The van der Waals surface area contributed by atoms with Crippen LogP contribution in [0.1, 0.15) is 24.4 Å². The van der Waals surface area contributed by atoms with Gasteiger partial charge in [0.2, 0.25) is 0 Å². The van der Waals surface area contributed by atoms with Crippen LogP contribution in [0.15, 0.2) is 42.5 Å². The number of amides is 2. The molecule has 0 radical (unpaired) electrons. The fourth-order valence-corrected chi connectivity index (χ4v) is 3.28. The largest absolute Gasteiger partial charge is 0.493 e. The highest BCUT2D eigenvalue weighted by Crippen LogP contribution is 2.34. The molecule has 1 saturated heterocycles. The van der Waals surface area contributed by atoms with Gasteiger partial charge in [-0.3, -0.25) is 0 Å². The molecule has 6 heteroatoms. The topological polar surface area (TPSA) is 50.8 Å². The number of hydrogen-bond acceptors (Lipinski definition) is 3. The highest BCUT2D eigenvalue weighted by Gasteiger charge is 2.30. The number of rotatable bonds is 4. The minimum Gasteiger partial charge on any atom is -0.493 e. The maximum Gasteiger partial charge on any atom is 0.322 e. The standard InChI is InChI=1S/C19H21ClN2O3/c1-24-17-10-9-15(12-18(17)25-2)21-19(23)22-11-3-4-16(22)13-5-7-14(20)8-6-13/h5-10,12,16H,3-4,11H2,1-2H3,(H,21,23). The minimum atomic E-state index is -0.121. The van der Waals surface area contributed by atoms with Crippen LogP contribution < -0.4 is 14.8 Å². The molecule has 1 aliphatic rings. The number of likely N-dealkylation sites (tertiary alicyclic amines) is 1. The van der Waals surface area contributed by atoms with Gasteiger partial charge in [-0.15, -0.1) is 0 Å². The number of ether oxygens (including phenoxy) is 2. The summed E-state index contributed by atoms with van der Waals surface area (Å²) in [6, 6.07) is 13.0. The summed E-state index contributed by atoms with van der Waals surface area (Å²) >= 11 is 5.96. The second-order valence-electron chi connectivity index (χ2n) is 5.90. The lowest BCUT2D eigenvalue weighted by Gasteiger charge is -2.25. The molecule has 25 heavy (non-hydrogen) atoms. The first-order valence-corrected chi connectivity index (χ1v) is 8.55. The molecular weight excluding hydrogens is 340 g/mol. The molecule has 1 fully saturated rings. The Labute approximate surface area is 152 Å². The summed E-state index contributed by atoms with van der Waals surface area (Å²) in [5, 5.41) is 3.64. The number of anilines is 1. The van der Waals surface area contributed by atoms with E-state index >= 15 is 0 Å². The molecule has 0 aromatic heterocycles. The normalized spacial score (nSPS) is 16.6. The fraction of sp³-hybridized carbons (Fsp3) is 0.316. The predicted molar refractivity (Wildman–Crippen MR) is 98.7 cm³/mol. The lowest BCUT2D eigenvalue weighted by Crippen LogP contribution is -2.34. The molecule has 1 atom stereocenters. The molecule has 1 heterocycles. The molecule has 1 unspecified atom stereocenters. The number of hydrogen-bond donors (Lipinski definition) is 1. The highest BCUT2D eigenvalue weighted by atomic mass is 35.5.